The summed E-state index contributed by atoms with van der Waals surface area (Å²) in [5.74, 6) is -0.671. The van der Waals surface area contributed by atoms with Gasteiger partial charge in [-0.1, -0.05) is 6.42 Å². The van der Waals surface area contributed by atoms with Crippen molar-refractivity contribution in [3.05, 3.63) is 47.9 Å². The number of amides is 1. The Kier molecular flexibility index (Phi) is 6.17. The first-order valence-corrected chi connectivity index (χ1v) is 11.6. The molecule has 2 aliphatic rings. The topological polar surface area (TPSA) is 73.9 Å². The minimum absolute atomic E-state index is 0.00236. The third-order valence-corrected chi connectivity index (χ3v) is 6.96. The van der Waals surface area contributed by atoms with Crippen LogP contribution in [0.3, 0.4) is 0 Å². The molecule has 2 aliphatic heterocycles. The van der Waals surface area contributed by atoms with E-state index in [-0.39, 0.29) is 31.2 Å². The van der Waals surface area contributed by atoms with Crippen LogP contribution in [-0.2, 0) is 11.0 Å². The van der Waals surface area contributed by atoms with Crippen molar-refractivity contribution in [2.45, 2.75) is 62.6 Å². The average molecular weight is 511 g/mol. The van der Waals surface area contributed by atoms with Crippen LogP contribution in [0.15, 0.2) is 36.7 Å². The molecule has 2 fully saturated rings. The molecule has 2 saturated heterocycles. The van der Waals surface area contributed by atoms with Crippen molar-refractivity contribution in [2.24, 2.45) is 0 Å². The fourth-order valence-electron chi connectivity index (χ4n) is 5.29. The molecule has 0 aliphatic carbocycles. The van der Waals surface area contributed by atoms with Crippen LogP contribution in [0.4, 0.5) is 26.3 Å². The second kappa shape index (κ2) is 9.06. The van der Waals surface area contributed by atoms with Crippen molar-refractivity contribution in [1.82, 2.24) is 25.2 Å². The van der Waals surface area contributed by atoms with E-state index < -0.39 is 30.3 Å². The van der Waals surface area contributed by atoms with Crippen LogP contribution in [-0.4, -0.2) is 50.7 Å². The van der Waals surface area contributed by atoms with Gasteiger partial charge in [0, 0.05) is 42.0 Å². The molecule has 3 atom stereocenters. The standard InChI is InChI=1S/C24H23F6N5O/c25-23(26,27)18-5-4-13(12-32-18)17-11-16-15(6-7-31-22(16)33-17)14-9-20(34-21(36)10-14)35-8-2-1-3-19(35)24(28,29)30/h4-7,11-12,14,19-20H,1-3,8-10H2,(H,31,33)(H,34,36). The lowest BCUT2D eigenvalue weighted by molar-refractivity contribution is -0.201. The largest absolute Gasteiger partial charge is 0.433 e. The first-order valence-electron chi connectivity index (χ1n) is 11.6. The van der Waals surface area contributed by atoms with Gasteiger partial charge in [-0.2, -0.15) is 26.3 Å². The minimum Gasteiger partial charge on any atom is -0.341 e. The number of hydrogen-bond acceptors (Lipinski definition) is 4. The zero-order valence-corrected chi connectivity index (χ0v) is 19.0. The van der Waals surface area contributed by atoms with E-state index >= 15 is 0 Å². The van der Waals surface area contributed by atoms with Gasteiger partial charge in [-0.15, -0.1) is 0 Å². The number of likely N-dealkylation sites (tertiary alicyclic amines) is 1. The normalized spacial score (nSPS) is 24.2. The van der Waals surface area contributed by atoms with E-state index in [4.69, 9.17) is 0 Å². The Labute approximate surface area is 202 Å². The number of halogens is 6. The van der Waals surface area contributed by atoms with E-state index in [1.165, 1.54) is 11.0 Å². The fourth-order valence-corrected chi connectivity index (χ4v) is 5.29. The van der Waals surface area contributed by atoms with E-state index in [0.717, 1.165) is 17.8 Å². The number of carbonyl (C=O) groups excluding carboxylic acids is 1. The maximum Gasteiger partial charge on any atom is 0.433 e. The van der Waals surface area contributed by atoms with E-state index in [1.807, 2.05) is 0 Å². The van der Waals surface area contributed by atoms with E-state index in [1.54, 1.807) is 18.3 Å². The number of H-pyrrole nitrogens is 1. The number of piperidine rings is 2. The van der Waals surface area contributed by atoms with E-state index in [0.29, 0.717) is 41.6 Å². The minimum atomic E-state index is -4.55. The highest BCUT2D eigenvalue weighted by atomic mass is 19.4. The number of pyridine rings is 2. The maximum atomic E-state index is 13.7. The van der Waals surface area contributed by atoms with Crippen molar-refractivity contribution in [3.63, 3.8) is 0 Å². The van der Waals surface area contributed by atoms with Gasteiger partial charge in [0.15, 0.2) is 0 Å². The van der Waals surface area contributed by atoms with Gasteiger partial charge in [-0.25, -0.2) is 4.98 Å². The molecule has 3 aromatic rings. The lowest BCUT2D eigenvalue weighted by Gasteiger charge is -2.44. The first kappa shape index (κ1) is 24.5. The summed E-state index contributed by atoms with van der Waals surface area (Å²) in [6.07, 6.45) is -5.48. The lowest BCUT2D eigenvalue weighted by Crippen LogP contribution is -2.60. The van der Waals surface area contributed by atoms with Gasteiger partial charge in [0.05, 0.1) is 6.17 Å². The number of aromatic amines is 1. The molecule has 3 aromatic heterocycles. The Morgan fingerprint density at radius 3 is 2.53 bits per heavy atom. The molecule has 192 valence electrons. The Morgan fingerprint density at radius 2 is 1.83 bits per heavy atom. The van der Waals surface area contributed by atoms with Gasteiger partial charge in [0.25, 0.3) is 0 Å². The number of alkyl halides is 6. The second-order valence-electron chi connectivity index (χ2n) is 9.29. The smallest absolute Gasteiger partial charge is 0.341 e. The Balaban J connectivity index is 1.44. The number of nitrogens with one attached hydrogen (secondary N) is 2. The summed E-state index contributed by atoms with van der Waals surface area (Å²) >= 11 is 0. The van der Waals surface area contributed by atoms with Crippen molar-refractivity contribution >= 4 is 16.9 Å². The molecule has 5 heterocycles. The van der Waals surface area contributed by atoms with Gasteiger partial charge in [0.1, 0.15) is 17.4 Å². The number of fused-ring (bicyclic) bond motifs is 1. The SMILES string of the molecule is O=C1CC(c2ccnc3[nH]c(-c4ccc(C(F)(F)F)nc4)cc23)CC(N2CCCCC2C(F)(F)F)N1. The van der Waals surface area contributed by atoms with Crippen molar-refractivity contribution in [1.29, 1.82) is 0 Å². The zero-order valence-electron chi connectivity index (χ0n) is 19.0. The molecule has 0 aromatic carbocycles. The van der Waals surface area contributed by atoms with Crippen LogP contribution >= 0.6 is 0 Å². The Hall–Kier alpha value is -3.15. The third kappa shape index (κ3) is 4.78. The van der Waals surface area contributed by atoms with Crippen LogP contribution in [0.1, 0.15) is 49.3 Å². The summed E-state index contributed by atoms with van der Waals surface area (Å²) in [4.78, 5) is 24.8. The summed E-state index contributed by atoms with van der Waals surface area (Å²) in [5, 5.41) is 3.41. The highest BCUT2D eigenvalue weighted by Gasteiger charge is 2.48. The van der Waals surface area contributed by atoms with Crippen molar-refractivity contribution in [3.8, 4) is 11.3 Å². The van der Waals surface area contributed by atoms with Crippen LogP contribution in [0, 0.1) is 0 Å². The number of rotatable bonds is 3. The summed E-state index contributed by atoms with van der Waals surface area (Å²) in [6.45, 7) is 0.253. The molecule has 0 saturated carbocycles. The molecule has 12 heteroatoms. The predicted octanol–water partition coefficient (Wildman–Crippen LogP) is 5.38. The first-order chi connectivity index (χ1) is 17.0. The molecule has 0 bridgehead atoms. The molecular formula is C24H23F6N5O. The third-order valence-electron chi connectivity index (χ3n) is 6.96. The molecule has 6 nitrogen and oxygen atoms in total. The predicted molar refractivity (Wildman–Crippen MR) is 119 cm³/mol. The van der Waals surface area contributed by atoms with Gasteiger partial charge in [-0.3, -0.25) is 14.7 Å². The van der Waals surface area contributed by atoms with Gasteiger partial charge in [0.2, 0.25) is 5.91 Å². The highest BCUT2D eigenvalue weighted by Crippen LogP contribution is 2.39. The number of carbonyl (C=O) groups is 1. The summed E-state index contributed by atoms with van der Waals surface area (Å²) in [5.41, 5.74) is 1.14. The van der Waals surface area contributed by atoms with Crippen LogP contribution < -0.4 is 5.32 Å². The second-order valence-corrected chi connectivity index (χ2v) is 9.29. The van der Waals surface area contributed by atoms with Crippen LogP contribution in [0.2, 0.25) is 0 Å². The van der Waals surface area contributed by atoms with E-state index in [9.17, 15) is 31.1 Å². The summed E-state index contributed by atoms with van der Waals surface area (Å²) in [6, 6.07) is 4.06. The Bertz CT molecular complexity index is 1250. The van der Waals surface area contributed by atoms with Crippen LogP contribution in [0.25, 0.3) is 22.3 Å². The van der Waals surface area contributed by atoms with Crippen molar-refractivity contribution < 1.29 is 31.1 Å². The molecule has 36 heavy (non-hydrogen) atoms. The Morgan fingerprint density at radius 1 is 1.03 bits per heavy atom. The molecule has 1 amide bonds. The molecular weight excluding hydrogens is 488 g/mol. The number of nitrogens with zero attached hydrogens (tertiary/aromatic N) is 3. The lowest BCUT2D eigenvalue weighted by atomic mass is 9.85. The molecule has 2 N–H and O–H groups in total. The quantitative estimate of drug-likeness (QED) is 0.463. The van der Waals surface area contributed by atoms with Gasteiger partial charge < -0.3 is 10.3 Å². The number of hydrogen-bond donors (Lipinski definition) is 2. The van der Waals surface area contributed by atoms with Crippen LogP contribution in [0.5, 0.6) is 0 Å². The molecule has 3 unspecified atom stereocenters. The fraction of sp³-hybridized carbons (Fsp3) is 0.458. The molecule has 5 rings (SSSR count). The van der Waals surface area contributed by atoms with Gasteiger partial charge >= 0.3 is 12.4 Å². The average Bonchev–Trinajstić information content (AvgIpc) is 3.27. The summed E-state index contributed by atoms with van der Waals surface area (Å²) < 4.78 is 79.6. The summed E-state index contributed by atoms with van der Waals surface area (Å²) in [7, 11) is 0. The van der Waals surface area contributed by atoms with E-state index in [2.05, 4.69) is 20.3 Å². The highest BCUT2D eigenvalue weighted by molar-refractivity contribution is 5.87. The zero-order chi connectivity index (χ0) is 25.7. The van der Waals surface area contributed by atoms with Gasteiger partial charge in [-0.05, 0) is 55.0 Å². The monoisotopic (exact) mass is 511 g/mol. The van der Waals surface area contributed by atoms with Crippen molar-refractivity contribution in [2.75, 3.05) is 6.54 Å². The molecule has 0 spiro atoms. The maximum absolute atomic E-state index is 13.7. The molecule has 0 radical (unpaired) electrons. The number of aromatic nitrogens is 3.